The van der Waals surface area contributed by atoms with Crippen molar-refractivity contribution >= 4 is 27.9 Å². The van der Waals surface area contributed by atoms with Crippen molar-refractivity contribution in [1.82, 2.24) is 4.57 Å². The van der Waals surface area contributed by atoms with Crippen LogP contribution >= 0.6 is 0 Å². The van der Waals surface area contributed by atoms with E-state index in [0.29, 0.717) is 12.2 Å². The molecule has 1 aromatic heterocycles. The van der Waals surface area contributed by atoms with Crippen LogP contribution in [-0.4, -0.2) is 10.7 Å². The Hall–Kier alpha value is -4.54. The largest absolute Gasteiger partial charge is 0.490 e. The second kappa shape index (κ2) is 8.54. The summed E-state index contributed by atoms with van der Waals surface area (Å²) in [5.74, 6) is 0.659. The molecule has 4 aromatic rings. The highest BCUT2D eigenvalue weighted by Crippen LogP contribution is 2.32. The number of allylic oxidation sites excluding steroid dienone is 3. The van der Waals surface area contributed by atoms with Gasteiger partial charge in [-0.1, -0.05) is 54.6 Å². The zero-order valence-electron chi connectivity index (χ0n) is 18.2. The van der Waals surface area contributed by atoms with Gasteiger partial charge in [0.1, 0.15) is 5.76 Å². The first-order valence-electron chi connectivity index (χ1n) is 10.8. The Morgan fingerprint density at radius 2 is 1.64 bits per heavy atom. The van der Waals surface area contributed by atoms with Gasteiger partial charge in [-0.2, -0.15) is 0 Å². The monoisotopic (exact) mass is 427 g/mol. The van der Waals surface area contributed by atoms with E-state index in [1.54, 1.807) is 6.08 Å². The van der Waals surface area contributed by atoms with Crippen molar-refractivity contribution in [3.05, 3.63) is 119 Å². The average Bonchev–Trinajstić information content (AvgIpc) is 3.18. The number of benzene rings is 3. The average molecular weight is 428 g/mol. The quantitative estimate of drug-likeness (QED) is 0.257. The van der Waals surface area contributed by atoms with E-state index in [4.69, 9.17) is 11.3 Å². The number of fused-ring (bicyclic) bond motifs is 3. The van der Waals surface area contributed by atoms with E-state index in [2.05, 4.69) is 82.2 Å². The number of nitrogens with zero attached hydrogens (tertiary/aromatic N) is 3. The van der Waals surface area contributed by atoms with Gasteiger partial charge in [0.2, 0.25) is 0 Å². The first kappa shape index (κ1) is 20.4. The lowest BCUT2D eigenvalue weighted by molar-refractivity contribution is 0.133. The van der Waals surface area contributed by atoms with Gasteiger partial charge in [0.05, 0.1) is 29.8 Å². The highest BCUT2D eigenvalue weighted by molar-refractivity contribution is 6.09. The lowest BCUT2D eigenvalue weighted by Crippen LogP contribution is -2.13. The van der Waals surface area contributed by atoms with Gasteiger partial charge in [-0.05, 0) is 54.5 Å². The fourth-order valence-corrected chi connectivity index (χ4v) is 4.38. The predicted molar refractivity (Wildman–Crippen MR) is 132 cm³/mol. The van der Waals surface area contributed by atoms with Crippen molar-refractivity contribution in [1.29, 1.82) is 5.26 Å². The number of hydrogen-bond acceptors (Lipinski definition) is 2. The highest BCUT2D eigenvalue weighted by atomic mass is 16.5. The van der Waals surface area contributed by atoms with Crippen LogP contribution in [0.5, 0.6) is 0 Å². The lowest BCUT2D eigenvalue weighted by atomic mass is 10.0. The molecule has 158 valence electrons. The molecule has 1 aliphatic heterocycles. The summed E-state index contributed by atoms with van der Waals surface area (Å²) in [4.78, 5) is 3.34. The normalized spacial score (nSPS) is 17.4. The Bertz CT molecular complexity index is 1470. The van der Waals surface area contributed by atoms with Crippen molar-refractivity contribution in [3.8, 4) is 11.8 Å². The molecule has 0 radical (unpaired) electrons. The summed E-state index contributed by atoms with van der Waals surface area (Å²) in [5.41, 5.74) is 5.37. The number of aromatic nitrogens is 1. The molecule has 2 heterocycles. The van der Waals surface area contributed by atoms with Crippen molar-refractivity contribution in [2.45, 2.75) is 19.4 Å². The fourth-order valence-electron chi connectivity index (χ4n) is 4.38. The van der Waals surface area contributed by atoms with Gasteiger partial charge < -0.3 is 9.30 Å². The van der Waals surface area contributed by atoms with Gasteiger partial charge in [-0.15, -0.1) is 0 Å². The molecule has 1 unspecified atom stereocenters. The van der Waals surface area contributed by atoms with Crippen LogP contribution in [0.3, 0.4) is 0 Å². The van der Waals surface area contributed by atoms with E-state index in [9.17, 15) is 5.26 Å². The van der Waals surface area contributed by atoms with Crippen LogP contribution in [0, 0.1) is 17.9 Å². The smallest absolute Gasteiger partial charge is 0.265 e. The zero-order valence-corrected chi connectivity index (χ0v) is 18.2. The van der Waals surface area contributed by atoms with Crippen LogP contribution in [0.25, 0.3) is 38.4 Å². The third-order valence-electron chi connectivity index (χ3n) is 5.85. The van der Waals surface area contributed by atoms with Gasteiger partial charge in [0.25, 0.3) is 5.70 Å². The first-order valence-corrected chi connectivity index (χ1v) is 10.8. The minimum absolute atomic E-state index is 0.0765. The molecule has 1 aliphatic rings. The van der Waals surface area contributed by atoms with E-state index in [1.807, 2.05) is 25.1 Å². The van der Waals surface area contributed by atoms with Gasteiger partial charge in [0.15, 0.2) is 0 Å². The molecule has 0 saturated carbocycles. The number of nitriles is 1. The molecule has 0 saturated heterocycles. The van der Waals surface area contributed by atoms with E-state index in [-0.39, 0.29) is 11.8 Å². The molecular formula is C29H21N3O. The van der Waals surface area contributed by atoms with Crippen molar-refractivity contribution in [2.24, 2.45) is 0 Å². The molecule has 3 aromatic carbocycles. The lowest BCUT2D eigenvalue weighted by Gasteiger charge is -2.22. The minimum atomic E-state index is -0.0765. The van der Waals surface area contributed by atoms with Crippen LogP contribution in [0.4, 0.5) is 0 Å². The first-order chi connectivity index (χ1) is 16.2. The molecule has 5 rings (SSSR count). The maximum absolute atomic E-state index is 9.18. The summed E-state index contributed by atoms with van der Waals surface area (Å²) in [6.07, 6.45) is 6.16. The minimum Gasteiger partial charge on any atom is -0.490 e. The second-order valence-electron chi connectivity index (χ2n) is 8.07. The fraction of sp³-hybridized carbons (Fsp3) is 0.103. The van der Waals surface area contributed by atoms with Gasteiger partial charge >= 0.3 is 0 Å². The Labute approximate surface area is 192 Å². The molecule has 4 nitrogen and oxygen atoms in total. The van der Waals surface area contributed by atoms with Crippen molar-refractivity contribution in [3.63, 3.8) is 0 Å². The van der Waals surface area contributed by atoms with Gasteiger partial charge in [-0.25, -0.2) is 10.1 Å². The third-order valence-corrected chi connectivity index (χ3v) is 5.85. The Balaban J connectivity index is 1.48. The Morgan fingerprint density at radius 3 is 2.24 bits per heavy atom. The van der Waals surface area contributed by atoms with E-state index < -0.39 is 0 Å². The standard InChI is InChI=1S/C29H21N3O/c1-20-17-22(27(19-30)31-2)18-24(33-20)16-13-21-11-14-23(15-12-21)32-28-9-5-3-7-25(28)26-8-4-6-10-29(26)32/h3-16,18,20H,17H2,1H3/b16-13+,27-22-. The molecule has 0 spiro atoms. The molecular weight excluding hydrogens is 406 g/mol. The van der Waals surface area contributed by atoms with Gasteiger partial charge in [0, 0.05) is 22.9 Å². The summed E-state index contributed by atoms with van der Waals surface area (Å²) in [7, 11) is 0. The summed E-state index contributed by atoms with van der Waals surface area (Å²) >= 11 is 0. The predicted octanol–water partition coefficient (Wildman–Crippen LogP) is 7.19. The molecule has 0 aliphatic carbocycles. The molecule has 33 heavy (non-hydrogen) atoms. The second-order valence-corrected chi connectivity index (χ2v) is 8.07. The highest BCUT2D eigenvalue weighted by Gasteiger charge is 2.17. The summed E-state index contributed by atoms with van der Waals surface area (Å²) in [5, 5.41) is 11.7. The number of hydrogen-bond donors (Lipinski definition) is 0. The van der Waals surface area contributed by atoms with Crippen LogP contribution in [0.2, 0.25) is 0 Å². The zero-order chi connectivity index (χ0) is 22.8. The maximum Gasteiger partial charge on any atom is 0.265 e. The third kappa shape index (κ3) is 3.80. The van der Waals surface area contributed by atoms with Crippen LogP contribution < -0.4 is 0 Å². The van der Waals surface area contributed by atoms with Crippen molar-refractivity contribution in [2.75, 3.05) is 0 Å². The number of rotatable bonds is 3. The van der Waals surface area contributed by atoms with E-state index in [0.717, 1.165) is 16.8 Å². The molecule has 1 atom stereocenters. The Kier molecular flexibility index (Phi) is 5.27. The summed E-state index contributed by atoms with van der Waals surface area (Å²) < 4.78 is 8.17. The molecule has 0 bridgehead atoms. The summed E-state index contributed by atoms with van der Waals surface area (Å²) in [6.45, 7) is 9.14. The molecule has 0 amide bonds. The van der Waals surface area contributed by atoms with Crippen LogP contribution in [-0.2, 0) is 4.74 Å². The summed E-state index contributed by atoms with van der Waals surface area (Å²) in [6, 6.07) is 27.3. The van der Waals surface area contributed by atoms with Crippen LogP contribution in [0.1, 0.15) is 18.9 Å². The maximum atomic E-state index is 9.18. The molecule has 0 fully saturated rings. The van der Waals surface area contributed by atoms with Crippen LogP contribution in [0.15, 0.2) is 102 Å². The number of ether oxygens (including phenoxy) is 1. The van der Waals surface area contributed by atoms with Crippen molar-refractivity contribution < 1.29 is 4.74 Å². The number of para-hydroxylation sites is 2. The van der Waals surface area contributed by atoms with Gasteiger partial charge in [-0.3, -0.25) is 0 Å². The SMILES string of the molecule is [C-]#[N+]/C(C#N)=C1C=C(/C=C/c2ccc(-n3c4ccccc4c4ccccc43)cc2)OC(C)C\1. The Morgan fingerprint density at radius 1 is 1.00 bits per heavy atom. The topological polar surface area (TPSA) is 42.3 Å². The van der Waals surface area contributed by atoms with E-state index in [1.165, 1.54) is 21.8 Å². The van der Waals surface area contributed by atoms with E-state index >= 15 is 0 Å². The molecule has 4 heteroatoms. The molecule has 0 N–H and O–H groups in total.